The molecule has 1 unspecified atom stereocenters. The lowest BCUT2D eigenvalue weighted by Gasteiger charge is -2.16. The fourth-order valence-electron chi connectivity index (χ4n) is 2.17. The van der Waals surface area contributed by atoms with E-state index in [0.717, 1.165) is 13.0 Å². The molecular weight excluding hydrogens is 236 g/mol. The van der Waals surface area contributed by atoms with Gasteiger partial charge in [-0.3, -0.25) is 16.0 Å². The first kappa shape index (κ1) is 13.8. The first-order valence-corrected chi connectivity index (χ1v) is 6.68. The van der Waals surface area contributed by atoms with Gasteiger partial charge in [0.1, 0.15) is 0 Å². The van der Waals surface area contributed by atoms with Gasteiger partial charge in [-0.15, -0.1) is 0 Å². The Labute approximate surface area is 114 Å². The van der Waals surface area contributed by atoms with Crippen LogP contribution in [0.3, 0.4) is 0 Å². The van der Waals surface area contributed by atoms with Crippen molar-refractivity contribution in [3.63, 3.8) is 0 Å². The van der Waals surface area contributed by atoms with Crippen LogP contribution in [0.4, 0.5) is 0 Å². The van der Waals surface area contributed by atoms with Crippen molar-refractivity contribution in [3.05, 3.63) is 52.8 Å². The van der Waals surface area contributed by atoms with Crippen LogP contribution in [-0.2, 0) is 13.0 Å². The van der Waals surface area contributed by atoms with Gasteiger partial charge in [0.2, 0.25) is 0 Å². The van der Waals surface area contributed by atoms with E-state index in [9.17, 15) is 0 Å². The summed E-state index contributed by atoms with van der Waals surface area (Å²) in [5.74, 6) is 5.70. The van der Waals surface area contributed by atoms with Crippen LogP contribution in [0.25, 0.3) is 0 Å². The van der Waals surface area contributed by atoms with Gasteiger partial charge in [-0.05, 0) is 49.4 Å². The van der Waals surface area contributed by atoms with Crippen LogP contribution in [0.1, 0.15) is 35.2 Å². The van der Waals surface area contributed by atoms with Crippen LogP contribution in [-0.4, -0.2) is 9.78 Å². The summed E-state index contributed by atoms with van der Waals surface area (Å²) in [6.45, 7) is 7.22. The van der Waals surface area contributed by atoms with Gasteiger partial charge in [0.15, 0.2) is 0 Å². The molecule has 3 N–H and O–H groups in total. The van der Waals surface area contributed by atoms with Crippen molar-refractivity contribution in [2.45, 2.75) is 39.8 Å². The molecule has 0 fully saturated rings. The van der Waals surface area contributed by atoms with E-state index in [1.807, 2.05) is 10.9 Å². The Bertz CT molecular complexity index is 545. The molecular formula is C15H22N4. The van der Waals surface area contributed by atoms with Crippen LogP contribution < -0.4 is 11.3 Å². The molecule has 2 rings (SSSR count). The lowest BCUT2D eigenvalue weighted by Crippen LogP contribution is -2.29. The molecule has 0 aliphatic carbocycles. The van der Waals surface area contributed by atoms with Crippen LogP contribution >= 0.6 is 0 Å². The zero-order valence-electron chi connectivity index (χ0n) is 11.9. The molecule has 0 amide bonds. The van der Waals surface area contributed by atoms with E-state index < -0.39 is 0 Å². The second kappa shape index (κ2) is 5.99. The number of nitrogens with zero attached hydrogens (tertiary/aromatic N) is 2. The highest BCUT2D eigenvalue weighted by Gasteiger charge is 2.12. The molecule has 4 nitrogen and oxygen atoms in total. The van der Waals surface area contributed by atoms with Gasteiger partial charge in [-0.1, -0.05) is 18.2 Å². The highest BCUT2D eigenvalue weighted by atomic mass is 15.3. The Morgan fingerprint density at radius 2 is 2.11 bits per heavy atom. The minimum absolute atomic E-state index is 0.119. The second-order valence-corrected chi connectivity index (χ2v) is 4.97. The van der Waals surface area contributed by atoms with E-state index in [4.69, 9.17) is 5.84 Å². The molecule has 1 atom stereocenters. The van der Waals surface area contributed by atoms with Crippen LogP contribution in [0, 0.1) is 13.8 Å². The maximum atomic E-state index is 5.70. The van der Waals surface area contributed by atoms with E-state index >= 15 is 0 Å². The van der Waals surface area contributed by atoms with Gasteiger partial charge in [0.25, 0.3) is 0 Å². The summed E-state index contributed by atoms with van der Waals surface area (Å²) in [4.78, 5) is 0. The van der Waals surface area contributed by atoms with Crippen molar-refractivity contribution in [1.82, 2.24) is 15.2 Å². The quantitative estimate of drug-likeness (QED) is 0.639. The van der Waals surface area contributed by atoms with Crippen molar-refractivity contribution >= 4 is 0 Å². The molecule has 102 valence electrons. The first-order chi connectivity index (χ1) is 9.13. The molecule has 0 saturated heterocycles. The molecule has 0 aliphatic heterocycles. The topological polar surface area (TPSA) is 55.9 Å². The number of hydrazine groups is 1. The largest absolute Gasteiger partial charge is 0.273 e. The summed E-state index contributed by atoms with van der Waals surface area (Å²) < 4.78 is 1.93. The molecule has 1 aromatic heterocycles. The number of hydrogen-bond acceptors (Lipinski definition) is 3. The molecule has 0 radical (unpaired) electrons. The predicted octanol–water partition coefficient (Wildman–Crippen LogP) is 2.27. The first-order valence-electron chi connectivity index (χ1n) is 6.68. The number of benzene rings is 1. The summed E-state index contributed by atoms with van der Waals surface area (Å²) >= 11 is 0. The van der Waals surface area contributed by atoms with Crippen molar-refractivity contribution in [3.8, 4) is 0 Å². The van der Waals surface area contributed by atoms with Crippen molar-refractivity contribution in [2.75, 3.05) is 0 Å². The molecule has 0 saturated carbocycles. The van der Waals surface area contributed by atoms with Gasteiger partial charge in [0.05, 0.1) is 12.2 Å². The minimum Gasteiger partial charge on any atom is -0.273 e. The fourth-order valence-corrected chi connectivity index (χ4v) is 2.17. The number of aromatic nitrogens is 2. The van der Waals surface area contributed by atoms with E-state index in [1.54, 1.807) is 0 Å². The fraction of sp³-hybridized carbons (Fsp3) is 0.400. The Morgan fingerprint density at radius 1 is 1.32 bits per heavy atom. The lowest BCUT2D eigenvalue weighted by molar-refractivity contribution is 0.551. The van der Waals surface area contributed by atoms with Gasteiger partial charge in [-0.2, -0.15) is 5.10 Å². The number of hydrogen-bond donors (Lipinski definition) is 2. The smallest absolute Gasteiger partial charge is 0.0522 e. The zero-order valence-corrected chi connectivity index (χ0v) is 11.9. The van der Waals surface area contributed by atoms with E-state index in [-0.39, 0.29) is 6.04 Å². The number of rotatable bonds is 5. The third-order valence-electron chi connectivity index (χ3n) is 3.59. The maximum Gasteiger partial charge on any atom is 0.0522 e. The Morgan fingerprint density at radius 3 is 2.68 bits per heavy atom. The van der Waals surface area contributed by atoms with Gasteiger partial charge < -0.3 is 0 Å². The molecule has 4 heteroatoms. The zero-order chi connectivity index (χ0) is 13.8. The maximum absolute atomic E-state index is 5.70. The lowest BCUT2D eigenvalue weighted by atomic mass is 9.97. The van der Waals surface area contributed by atoms with Gasteiger partial charge >= 0.3 is 0 Å². The average Bonchev–Trinajstić information content (AvgIpc) is 2.87. The molecule has 0 spiro atoms. The van der Waals surface area contributed by atoms with Crippen molar-refractivity contribution < 1.29 is 0 Å². The monoisotopic (exact) mass is 258 g/mol. The van der Waals surface area contributed by atoms with Crippen LogP contribution in [0.5, 0.6) is 0 Å². The molecule has 0 aliphatic rings. The summed E-state index contributed by atoms with van der Waals surface area (Å²) in [7, 11) is 0. The Kier molecular flexibility index (Phi) is 4.35. The van der Waals surface area contributed by atoms with Crippen molar-refractivity contribution in [2.24, 2.45) is 5.84 Å². The summed E-state index contributed by atoms with van der Waals surface area (Å²) in [5, 5.41) is 4.30. The van der Waals surface area contributed by atoms with Gasteiger partial charge in [0, 0.05) is 12.7 Å². The molecule has 1 heterocycles. The third kappa shape index (κ3) is 3.22. The summed E-state index contributed by atoms with van der Waals surface area (Å²) in [6, 6.07) is 6.60. The Balaban J connectivity index is 2.17. The van der Waals surface area contributed by atoms with E-state index in [1.165, 1.54) is 22.3 Å². The van der Waals surface area contributed by atoms with Gasteiger partial charge in [-0.25, -0.2) is 0 Å². The standard InChI is InChI=1S/C15H22N4/c1-4-19-10-13(9-17-19)8-15(18-16)14-6-5-11(2)12(3)7-14/h5-7,9-10,15,18H,4,8,16H2,1-3H3. The van der Waals surface area contributed by atoms with Crippen LogP contribution in [0.15, 0.2) is 30.6 Å². The third-order valence-corrected chi connectivity index (χ3v) is 3.59. The average molecular weight is 258 g/mol. The molecule has 19 heavy (non-hydrogen) atoms. The highest BCUT2D eigenvalue weighted by molar-refractivity contribution is 5.32. The second-order valence-electron chi connectivity index (χ2n) is 4.97. The normalized spacial score (nSPS) is 12.6. The Hall–Kier alpha value is -1.65. The summed E-state index contributed by atoms with van der Waals surface area (Å²) in [6.07, 6.45) is 4.83. The van der Waals surface area contributed by atoms with E-state index in [0.29, 0.717) is 0 Å². The SMILES string of the molecule is CCn1cc(CC(NN)c2ccc(C)c(C)c2)cn1. The van der Waals surface area contributed by atoms with Crippen LogP contribution in [0.2, 0.25) is 0 Å². The minimum atomic E-state index is 0.119. The molecule has 0 bridgehead atoms. The number of nitrogens with one attached hydrogen (secondary N) is 1. The molecule has 2 aromatic rings. The summed E-state index contributed by atoms with van der Waals surface area (Å²) in [5.41, 5.74) is 7.92. The highest BCUT2D eigenvalue weighted by Crippen LogP contribution is 2.20. The molecule has 1 aromatic carbocycles. The predicted molar refractivity (Wildman–Crippen MR) is 77.6 cm³/mol. The number of nitrogens with two attached hydrogens (primary N) is 1. The number of aryl methyl sites for hydroxylation is 3. The van der Waals surface area contributed by atoms with E-state index in [2.05, 4.69) is 55.7 Å². The van der Waals surface area contributed by atoms with Crippen molar-refractivity contribution in [1.29, 1.82) is 0 Å².